The first-order valence-electron chi connectivity index (χ1n) is 11.4. The van der Waals surface area contributed by atoms with Crippen molar-refractivity contribution in [3.63, 3.8) is 0 Å². The number of carboxylic acids is 2. The van der Waals surface area contributed by atoms with Crippen molar-refractivity contribution in [2.45, 2.75) is 72.6 Å². The molecule has 2 rings (SSSR count). The molecular weight excluding hydrogens is 497 g/mol. The number of pyridine rings is 1. The number of benzene rings is 1. The number of rotatable bonds is 11. The van der Waals surface area contributed by atoms with E-state index >= 15 is 0 Å². The van der Waals surface area contributed by atoms with Crippen LogP contribution in [-0.2, 0) is 9.59 Å². The number of carbonyl (C=O) groups is 2. The van der Waals surface area contributed by atoms with Gasteiger partial charge >= 0.3 is 171 Å². The maximum absolute atomic E-state index is 9.10. The molecule has 5 nitrogen and oxygen atoms in total. The van der Waals surface area contributed by atoms with E-state index < -0.39 is 30.3 Å². The van der Waals surface area contributed by atoms with Crippen molar-refractivity contribution in [3.8, 4) is 11.1 Å². The molecule has 31 heavy (non-hydrogen) atoms. The molecule has 1 aromatic carbocycles. The summed E-state index contributed by atoms with van der Waals surface area (Å²) in [5, 5.41) is 14.8. The summed E-state index contributed by atoms with van der Waals surface area (Å²) >= 11 is -2.32. The second-order valence-electron chi connectivity index (χ2n) is 8.02. The molecule has 0 radical (unpaired) electrons. The van der Waals surface area contributed by atoms with Crippen LogP contribution in [0.15, 0.2) is 48.8 Å². The third-order valence-electron chi connectivity index (χ3n) is 5.68. The Balaban J connectivity index is 0.000000703. The normalized spacial score (nSPS) is 10.8. The van der Waals surface area contributed by atoms with Gasteiger partial charge in [-0.1, -0.05) is 0 Å². The summed E-state index contributed by atoms with van der Waals surface area (Å²) in [6, 6.07) is 13.8. The van der Waals surface area contributed by atoms with Crippen LogP contribution in [0.3, 0.4) is 0 Å². The van der Waals surface area contributed by atoms with Gasteiger partial charge in [0.1, 0.15) is 0 Å². The number of hydrogen-bond donors (Lipinski definition) is 2. The molecule has 0 spiro atoms. The average Bonchev–Trinajstić information content (AvgIpc) is 2.80. The van der Waals surface area contributed by atoms with Crippen LogP contribution in [0.25, 0.3) is 11.1 Å². The van der Waals surface area contributed by atoms with E-state index in [4.69, 9.17) is 19.8 Å². The maximum atomic E-state index is 9.10. The predicted molar refractivity (Wildman–Crippen MR) is 129 cm³/mol. The number of aromatic nitrogens is 1. The summed E-state index contributed by atoms with van der Waals surface area (Å²) in [5.41, 5.74) is 2.61. The van der Waals surface area contributed by atoms with Gasteiger partial charge in [0, 0.05) is 0 Å². The van der Waals surface area contributed by atoms with E-state index in [1.54, 1.807) is 3.58 Å². The Kier molecular flexibility index (Phi) is 13.1. The second-order valence-corrected chi connectivity index (χ2v) is 21.3. The first kappa shape index (κ1) is 27.1. The largest absolute Gasteiger partial charge is 0.473 e. The topological polar surface area (TPSA) is 87.5 Å². The Morgan fingerprint density at radius 3 is 1.74 bits per heavy atom. The molecule has 0 unspecified atom stereocenters. The van der Waals surface area contributed by atoms with Gasteiger partial charge in [0.15, 0.2) is 0 Å². The fraction of sp³-hybridized carbons (Fsp3) is 0.480. The minimum atomic E-state index is -2.32. The van der Waals surface area contributed by atoms with Gasteiger partial charge in [-0.05, 0) is 0 Å². The number of unbranched alkanes of at least 4 members (excludes halogenated alkanes) is 3. The number of aliphatic carboxylic acids is 2. The van der Waals surface area contributed by atoms with Crippen LogP contribution in [-0.4, -0.2) is 45.5 Å². The van der Waals surface area contributed by atoms with Crippen molar-refractivity contribution in [3.05, 3.63) is 48.8 Å². The summed E-state index contributed by atoms with van der Waals surface area (Å²) < 4.78 is 6.34. The molecular formula is C25H37NO4Sn. The van der Waals surface area contributed by atoms with Gasteiger partial charge in [0.05, 0.1) is 0 Å². The Morgan fingerprint density at radius 1 is 0.806 bits per heavy atom. The van der Waals surface area contributed by atoms with Crippen molar-refractivity contribution in [1.82, 2.24) is 4.98 Å². The van der Waals surface area contributed by atoms with Gasteiger partial charge in [-0.25, -0.2) is 9.59 Å². The molecule has 0 fully saturated rings. The molecule has 2 N–H and O–H groups in total. The quantitative estimate of drug-likeness (QED) is 0.275. The van der Waals surface area contributed by atoms with Crippen LogP contribution in [0.1, 0.15) is 59.3 Å². The summed E-state index contributed by atoms with van der Waals surface area (Å²) in [5.74, 6) is -3.65. The molecule has 0 saturated heterocycles. The van der Waals surface area contributed by atoms with Crippen molar-refractivity contribution >= 4 is 33.9 Å². The average molecular weight is 534 g/mol. The molecule has 1 heterocycles. The van der Waals surface area contributed by atoms with Gasteiger partial charge in [-0.2, -0.15) is 0 Å². The smallest absolute Gasteiger partial charge is 0.414 e. The molecule has 2 aromatic rings. The molecule has 170 valence electrons. The Morgan fingerprint density at radius 2 is 1.32 bits per heavy atom. The van der Waals surface area contributed by atoms with Crippen LogP contribution in [0.5, 0.6) is 0 Å². The monoisotopic (exact) mass is 535 g/mol. The van der Waals surface area contributed by atoms with E-state index in [9.17, 15) is 0 Å². The van der Waals surface area contributed by atoms with Crippen molar-refractivity contribution in [2.75, 3.05) is 0 Å². The molecule has 0 aliphatic heterocycles. The van der Waals surface area contributed by atoms with Crippen molar-refractivity contribution in [1.29, 1.82) is 0 Å². The first-order valence-corrected chi connectivity index (χ1v) is 18.9. The van der Waals surface area contributed by atoms with Gasteiger partial charge in [-0.3, -0.25) is 0 Å². The van der Waals surface area contributed by atoms with Gasteiger partial charge < -0.3 is 10.2 Å². The molecule has 1 aromatic heterocycles. The molecule has 0 atom stereocenters. The summed E-state index contributed by atoms with van der Waals surface area (Å²) in [6.45, 7) is 7.05. The SMILES string of the molecule is CCC[CH2][Sn]([CH2]CCC)([CH2]CCC)[c]1cccc(-c2cccnc2)c1.O=C(O)C(=O)O. The minimum absolute atomic E-state index is 1.26. The van der Waals surface area contributed by atoms with E-state index in [0.717, 1.165) is 0 Å². The van der Waals surface area contributed by atoms with E-state index in [0.29, 0.717) is 0 Å². The van der Waals surface area contributed by atoms with Crippen molar-refractivity contribution in [2.24, 2.45) is 0 Å². The third-order valence-corrected chi connectivity index (χ3v) is 21.3. The number of carboxylic acid groups (broad SMARTS) is 2. The van der Waals surface area contributed by atoms with Crippen LogP contribution in [0, 0.1) is 0 Å². The summed E-state index contributed by atoms with van der Waals surface area (Å²) in [6.07, 6.45) is 12.1. The Labute approximate surface area is 190 Å². The molecule has 6 heteroatoms. The zero-order valence-electron chi connectivity index (χ0n) is 19.1. The predicted octanol–water partition coefficient (Wildman–Crippen LogP) is 5.96. The van der Waals surface area contributed by atoms with Crippen molar-refractivity contribution < 1.29 is 19.8 Å². The van der Waals surface area contributed by atoms with Gasteiger partial charge in [-0.15, -0.1) is 0 Å². The van der Waals surface area contributed by atoms with Gasteiger partial charge in [0.25, 0.3) is 0 Å². The van der Waals surface area contributed by atoms with Crippen LogP contribution >= 0.6 is 0 Å². The number of nitrogens with zero attached hydrogens (tertiary/aromatic N) is 1. The minimum Gasteiger partial charge on any atom is -0.473 e. The van der Waals surface area contributed by atoms with E-state index in [-0.39, 0.29) is 0 Å². The van der Waals surface area contributed by atoms with Gasteiger partial charge in [0.2, 0.25) is 0 Å². The summed E-state index contributed by atoms with van der Waals surface area (Å²) in [7, 11) is 0. The zero-order valence-corrected chi connectivity index (χ0v) is 22.0. The zero-order chi connectivity index (χ0) is 23.1. The van der Waals surface area contributed by atoms with E-state index in [2.05, 4.69) is 56.1 Å². The van der Waals surface area contributed by atoms with Crippen LogP contribution in [0.4, 0.5) is 0 Å². The fourth-order valence-corrected chi connectivity index (χ4v) is 20.0. The van der Waals surface area contributed by atoms with E-state index in [1.807, 2.05) is 18.5 Å². The van der Waals surface area contributed by atoms with Crippen LogP contribution < -0.4 is 3.58 Å². The summed E-state index contributed by atoms with van der Waals surface area (Å²) in [4.78, 5) is 22.5. The Bertz CT molecular complexity index is 761. The van der Waals surface area contributed by atoms with E-state index in [1.165, 1.54) is 63.0 Å². The fourth-order valence-electron chi connectivity index (χ4n) is 3.92. The molecule has 0 aliphatic carbocycles. The molecule has 0 bridgehead atoms. The standard InChI is InChI=1S/C11H8N.3C4H9.C2H2O4.Sn/c1-2-5-10(6-3-1)11-7-4-8-12-9-11;3*1-3-4-2;3-1(4)2(5)6;/h1-2,4-9H;3*1,3-4H2,2H3;(H,3,4)(H,5,6);. The first-order chi connectivity index (χ1) is 14.9. The molecule has 0 amide bonds. The third kappa shape index (κ3) is 9.42. The second kappa shape index (κ2) is 15.0. The molecule has 0 saturated carbocycles. The van der Waals surface area contributed by atoms with Crippen LogP contribution in [0.2, 0.25) is 13.3 Å². The Hall–Kier alpha value is -1.89. The maximum Gasteiger partial charge on any atom is 0.414 e. The molecule has 0 aliphatic rings. The number of hydrogen-bond acceptors (Lipinski definition) is 3.